The Labute approximate surface area is 144 Å². The first-order valence-corrected chi connectivity index (χ1v) is 9.29. The number of carbonyl (C=O) groups is 1. The van der Waals surface area contributed by atoms with Crippen LogP contribution in [0.2, 0.25) is 0 Å². The maximum Gasteiger partial charge on any atom is 0.238 e. The van der Waals surface area contributed by atoms with Gasteiger partial charge in [-0.3, -0.25) is 4.79 Å². The third-order valence-electron chi connectivity index (χ3n) is 2.96. The summed E-state index contributed by atoms with van der Waals surface area (Å²) in [5.74, 6) is 0.0724. The van der Waals surface area contributed by atoms with Crippen LogP contribution >= 0.6 is 11.8 Å². The highest BCUT2D eigenvalue weighted by Gasteiger charge is 2.17. The van der Waals surface area contributed by atoms with Crippen LogP contribution in [-0.2, 0) is 14.8 Å². The highest BCUT2D eigenvalue weighted by molar-refractivity contribution is 8.00. The number of aryl methyl sites for hydroxylation is 1. The van der Waals surface area contributed by atoms with Crippen molar-refractivity contribution < 1.29 is 13.2 Å². The fraction of sp³-hybridized carbons (Fsp3) is 0.214. The Bertz CT molecular complexity index is 833. The molecule has 128 valence electrons. The number of hydrogen-bond donors (Lipinski definition) is 3. The van der Waals surface area contributed by atoms with E-state index in [2.05, 4.69) is 15.3 Å². The van der Waals surface area contributed by atoms with E-state index in [1.807, 2.05) is 0 Å². The smallest absolute Gasteiger partial charge is 0.238 e. The number of thioether (sulfide) groups is 1. The second-order valence-corrected chi connectivity index (χ2v) is 7.90. The fourth-order valence-corrected chi connectivity index (χ4v) is 3.15. The van der Waals surface area contributed by atoms with Gasteiger partial charge >= 0.3 is 0 Å². The van der Waals surface area contributed by atoms with E-state index in [0.717, 1.165) is 5.69 Å². The van der Waals surface area contributed by atoms with Crippen LogP contribution in [0.4, 0.5) is 11.5 Å². The lowest BCUT2D eigenvalue weighted by atomic mass is 10.3. The highest BCUT2D eigenvalue weighted by atomic mass is 32.2. The number of nitrogens with two attached hydrogens (primary N) is 2. The van der Waals surface area contributed by atoms with E-state index >= 15 is 0 Å². The number of nitrogen functional groups attached to an aromatic ring is 1. The summed E-state index contributed by atoms with van der Waals surface area (Å²) in [5, 5.41) is 7.66. The number of nitrogens with zero attached hydrogens (tertiary/aromatic N) is 2. The number of anilines is 2. The Hall–Kier alpha value is -2.17. The van der Waals surface area contributed by atoms with Gasteiger partial charge in [0, 0.05) is 17.4 Å². The number of nitrogens with one attached hydrogen (secondary N) is 1. The Morgan fingerprint density at radius 2 is 1.88 bits per heavy atom. The fourth-order valence-electron chi connectivity index (χ4n) is 1.80. The molecule has 5 N–H and O–H groups in total. The molecule has 0 aliphatic carbocycles. The van der Waals surface area contributed by atoms with Crippen LogP contribution in [0.15, 0.2) is 40.4 Å². The molecular formula is C14H17N5O3S2. The molecule has 0 spiro atoms. The Morgan fingerprint density at radius 3 is 2.42 bits per heavy atom. The third-order valence-corrected chi connectivity index (χ3v) is 4.85. The van der Waals surface area contributed by atoms with Gasteiger partial charge in [-0.15, -0.1) is 0 Å². The lowest BCUT2D eigenvalue weighted by Crippen LogP contribution is -2.23. The molecule has 24 heavy (non-hydrogen) atoms. The summed E-state index contributed by atoms with van der Waals surface area (Å²) in [7, 11) is -3.76. The first-order chi connectivity index (χ1) is 11.1. The van der Waals surface area contributed by atoms with Crippen molar-refractivity contribution in [1.29, 1.82) is 0 Å². The number of sulfonamides is 1. The summed E-state index contributed by atoms with van der Waals surface area (Å²) in [6.07, 6.45) is 0. The maximum absolute atomic E-state index is 12.2. The molecule has 2 aromatic rings. The predicted octanol–water partition coefficient (Wildman–Crippen LogP) is 1.13. The van der Waals surface area contributed by atoms with Crippen molar-refractivity contribution in [3.8, 4) is 0 Å². The quantitative estimate of drug-likeness (QED) is 0.531. The SMILES string of the molecule is Cc1cc(N)nc(SC(C)C(=O)Nc2ccc(S(N)(=O)=O)cc2)n1. The number of carbonyl (C=O) groups excluding carboxylic acids is 1. The molecule has 10 heteroatoms. The number of amides is 1. The van der Waals surface area contributed by atoms with E-state index < -0.39 is 15.3 Å². The second-order valence-electron chi connectivity index (χ2n) is 5.04. The zero-order valence-corrected chi connectivity index (χ0v) is 14.7. The summed E-state index contributed by atoms with van der Waals surface area (Å²) in [5.41, 5.74) is 6.84. The molecule has 1 atom stereocenters. The average Bonchev–Trinajstić information content (AvgIpc) is 2.45. The largest absolute Gasteiger partial charge is 0.384 e. The third kappa shape index (κ3) is 4.91. The van der Waals surface area contributed by atoms with Gasteiger partial charge in [-0.05, 0) is 38.1 Å². The minimum atomic E-state index is -3.76. The summed E-state index contributed by atoms with van der Waals surface area (Å²) >= 11 is 1.18. The molecule has 1 unspecified atom stereocenters. The van der Waals surface area contributed by atoms with Crippen molar-refractivity contribution in [3.05, 3.63) is 36.0 Å². The number of benzene rings is 1. The standard InChI is InChI=1S/C14H17N5O3S2/c1-8-7-12(15)19-14(17-8)23-9(2)13(20)18-10-3-5-11(6-4-10)24(16,21)22/h3-7,9H,1-2H3,(H,18,20)(H2,15,17,19)(H2,16,21,22). The number of rotatable bonds is 5. The van der Waals surface area contributed by atoms with Crippen molar-refractivity contribution in [2.45, 2.75) is 29.1 Å². The molecule has 0 saturated carbocycles. The number of aromatic nitrogens is 2. The molecular weight excluding hydrogens is 350 g/mol. The van der Waals surface area contributed by atoms with Crippen molar-refractivity contribution in [2.24, 2.45) is 5.14 Å². The van der Waals surface area contributed by atoms with E-state index in [4.69, 9.17) is 10.9 Å². The van der Waals surface area contributed by atoms with E-state index in [1.54, 1.807) is 19.9 Å². The molecule has 8 nitrogen and oxygen atoms in total. The van der Waals surface area contributed by atoms with Gasteiger partial charge in [0.15, 0.2) is 5.16 Å². The lowest BCUT2D eigenvalue weighted by Gasteiger charge is -2.12. The van der Waals surface area contributed by atoms with Gasteiger partial charge in [0.1, 0.15) is 5.82 Å². The van der Waals surface area contributed by atoms with Gasteiger partial charge in [0.05, 0.1) is 10.1 Å². The van der Waals surface area contributed by atoms with Gasteiger partial charge in [-0.1, -0.05) is 11.8 Å². The first-order valence-electron chi connectivity index (χ1n) is 6.86. The van der Waals surface area contributed by atoms with Crippen LogP contribution in [-0.4, -0.2) is 29.5 Å². The van der Waals surface area contributed by atoms with Crippen LogP contribution < -0.4 is 16.2 Å². The summed E-state index contributed by atoms with van der Waals surface area (Å²) in [4.78, 5) is 20.5. The molecule has 1 heterocycles. The molecule has 1 aromatic heterocycles. The van der Waals surface area contributed by atoms with E-state index in [9.17, 15) is 13.2 Å². The number of primary sulfonamides is 1. The van der Waals surface area contributed by atoms with Crippen molar-refractivity contribution in [3.63, 3.8) is 0 Å². The second kappa shape index (κ2) is 7.16. The van der Waals surface area contributed by atoms with Gasteiger partial charge in [-0.25, -0.2) is 23.5 Å². The summed E-state index contributed by atoms with van der Waals surface area (Å²) in [6, 6.07) is 7.23. The van der Waals surface area contributed by atoms with Gasteiger partial charge in [-0.2, -0.15) is 0 Å². The van der Waals surface area contributed by atoms with Crippen molar-refractivity contribution in [2.75, 3.05) is 11.1 Å². The zero-order chi connectivity index (χ0) is 17.9. The van der Waals surface area contributed by atoms with Gasteiger partial charge in [0.25, 0.3) is 0 Å². The predicted molar refractivity (Wildman–Crippen MR) is 92.9 cm³/mol. The number of hydrogen-bond acceptors (Lipinski definition) is 7. The van der Waals surface area contributed by atoms with Gasteiger partial charge in [0.2, 0.25) is 15.9 Å². The van der Waals surface area contributed by atoms with E-state index in [1.165, 1.54) is 36.0 Å². The normalized spacial score (nSPS) is 12.6. The molecule has 0 fully saturated rings. The molecule has 1 aromatic carbocycles. The highest BCUT2D eigenvalue weighted by Crippen LogP contribution is 2.22. The van der Waals surface area contributed by atoms with Crippen LogP contribution in [0.3, 0.4) is 0 Å². The van der Waals surface area contributed by atoms with Crippen LogP contribution in [0.1, 0.15) is 12.6 Å². The molecule has 0 radical (unpaired) electrons. The first kappa shape index (κ1) is 18.2. The minimum Gasteiger partial charge on any atom is -0.384 e. The molecule has 0 saturated heterocycles. The monoisotopic (exact) mass is 367 g/mol. The van der Waals surface area contributed by atoms with Gasteiger partial charge < -0.3 is 11.1 Å². The summed E-state index contributed by atoms with van der Waals surface area (Å²) < 4.78 is 22.4. The Balaban J connectivity index is 2.03. The molecule has 1 amide bonds. The zero-order valence-electron chi connectivity index (χ0n) is 13.1. The van der Waals surface area contributed by atoms with Crippen molar-refractivity contribution in [1.82, 2.24) is 9.97 Å². The molecule has 0 aliphatic heterocycles. The summed E-state index contributed by atoms with van der Waals surface area (Å²) in [6.45, 7) is 3.50. The Kier molecular flexibility index (Phi) is 5.42. The van der Waals surface area contributed by atoms with Crippen molar-refractivity contribution >= 4 is 39.2 Å². The Morgan fingerprint density at radius 1 is 1.25 bits per heavy atom. The molecule has 0 aliphatic rings. The average molecular weight is 367 g/mol. The molecule has 0 bridgehead atoms. The van der Waals surface area contributed by atoms with E-state index in [-0.39, 0.29) is 10.8 Å². The van der Waals surface area contributed by atoms with Crippen LogP contribution in [0.25, 0.3) is 0 Å². The minimum absolute atomic E-state index is 0.0217. The maximum atomic E-state index is 12.2. The lowest BCUT2D eigenvalue weighted by molar-refractivity contribution is -0.115. The van der Waals surface area contributed by atoms with Crippen LogP contribution in [0.5, 0.6) is 0 Å². The van der Waals surface area contributed by atoms with Crippen LogP contribution in [0, 0.1) is 6.92 Å². The molecule has 2 rings (SSSR count). The topological polar surface area (TPSA) is 141 Å². The van der Waals surface area contributed by atoms with E-state index in [0.29, 0.717) is 16.7 Å².